The number of benzene rings is 2. The molecule has 1 aliphatic rings. The van der Waals surface area contributed by atoms with Crippen LogP contribution in [0.2, 0.25) is 0 Å². The molecule has 0 bridgehead atoms. The maximum Gasteiger partial charge on any atom is 0.325 e. The molecule has 0 fully saturated rings. The number of carbonyl (C=O) groups is 3. The molecule has 134 valence electrons. The smallest absolute Gasteiger partial charge is 0.325 e. The third kappa shape index (κ3) is 3.06. The Bertz CT molecular complexity index is 875. The molecule has 0 saturated heterocycles. The van der Waals surface area contributed by atoms with E-state index in [1.54, 1.807) is 56.3 Å². The standard InChI is InChI=1S/C20H20N2O4/c1-20(2)15-11-14(21-18(24)13-7-5-4-6-8-13)9-10-16(15)22(19(20)25)12-17(23)26-3/h4-11H,12H2,1-3H3,(H,21,24). The fourth-order valence-corrected chi connectivity index (χ4v) is 3.06. The minimum Gasteiger partial charge on any atom is -0.468 e. The van der Waals surface area contributed by atoms with Crippen LogP contribution in [0, 0.1) is 0 Å². The van der Waals surface area contributed by atoms with Gasteiger partial charge in [-0.2, -0.15) is 0 Å². The van der Waals surface area contributed by atoms with Gasteiger partial charge in [-0.1, -0.05) is 18.2 Å². The van der Waals surface area contributed by atoms with Gasteiger partial charge in [0.15, 0.2) is 0 Å². The summed E-state index contributed by atoms with van der Waals surface area (Å²) in [6.45, 7) is 3.46. The number of carbonyl (C=O) groups excluding carboxylic acids is 3. The molecule has 2 aromatic carbocycles. The van der Waals surface area contributed by atoms with E-state index in [9.17, 15) is 14.4 Å². The number of ether oxygens (including phenoxy) is 1. The number of anilines is 2. The average molecular weight is 352 g/mol. The van der Waals surface area contributed by atoms with Crippen LogP contribution in [0.5, 0.6) is 0 Å². The Morgan fingerprint density at radius 3 is 2.46 bits per heavy atom. The monoisotopic (exact) mass is 352 g/mol. The van der Waals surface area contributed by atoms with Crippen molar-refractivity contribution in [2.75, 3.05) is 23.9 Å². The average Bonchev–Trinajstić information content (AvgIpc) is 2.83. The zero-order valence-electron chi connectivity index (χ0n) is 14.9. The summed E-state index contributed by atoms with van der Waals surface area (Å²) >= 11 is 0. The Morgan fingerprint density at radius 2 is 1.81 bits per heavy atom. The van der Waals surface area contributed by atoms with Gasteiger partial charge in [0.25, 0.3) is 5.91 Å². The van der Waals surface area contributed by atoms with Crippen molar-refractivity contribution in [2.24, 2.45) is 0 Å². The number of rotatable bonds is 4. The van der Waals surface area contributed by atoms with Gasteiger partial charge >= 0.3 is 5.97 Å². The summed E-state index contributed by atoms with van der Waals surface area (Å²) in [6, 6.07) is 14.1. The molecular weight excluding hydrogens is 332 g/mol. The van der Waals surface area contributed by atoms with Crippen molar-refractivity contribution in [1.82, 2.24) is 0 Å². The maximum absolute atomic E-state index is 12.7. The largest absolute Gasteiger partial charge is 0.468 e. The zero-order valence-corrected chi connectivity index (χ0v) is 14.9. The van der Waals surface area contributed by atoms with E-state index in [1.165, 1.54) is 12.0 Å². The van der Waals surface area contributed by atoms with Crippen LogP contribution in [0.15, 0.2) is 48.5 Å². The van der Waals surface area contributed by atoms with Crippen molar-refractivity contribution in [2.45, 2.75) is 19.3 Å². The predicted molar refractivity (Wildman–Crippen MR) is 98.2 cm³/mol. The van der Waals surface area contributed by atoms with Crippen LogP contribution in [-0.4, -0.2) is 31.4 Å². The molecule has 0 spiro atoms. The minimum atomic E-state index is -0.795. The van der Waals surface area contributed by atoms with Crippen LogP contribution in [-0.2, 0) is 19.7 Å². The van der Waals surface area contributed by atoms with E-state index in [2.05, 4.69) is 10.1 Å². The first-order chi connectivity index (χ1) is 12.3. The summed E-state index contributed by atoms with van der Waals surface area (Å²) in [5.41, 5.74) is 1.77. The molecule has 1 aliphatic heterocycles. The van der Waals surface area contributed by atoms with E-state index < -0.39 is 11.4 Å². The summed E-state index contributed by atoms with van der Waals surface area (Å²) in [7, 11) is 1.29. The van der Waals surface area contributed by atoms with Crippen molar-refractivity contribution in [3.05, 3.63) is 59.7 Å². The number of methoxy groups -OCH3 is 1. The summed E-state index contributed by atoms with van der Waals surface area (Å²) in [5.74, 6) is -0.882. The molecule has 1 heterocycles. The predicted octanol–water partition coefficient (Wildman–Crippen LogP) is 2.74. The molecule has 0 atom stereocenters. The third-order valence-electron chi connectivity index (χ3n) is 4.55. The summed E-state index contributed by atoms with van der Waals surface area (Å²) in [4.78, 5) is 38.1. The molecule has 6 nitrogen and oxygen atoms in total. The molecule has 6 heteroatoms. The zero-order chi connectivity index (χ0) is 18.9. The fraction of sp³-hybridized carbons (Fsp3) is 0.250. The van der Waals surface area contributed by atoms with E-state index in [-0.39, 0.29) is 18.4 Å². The number of nitrogens with one attached hydrogen (secondary N) is 1. The first kappa shape index (κ1) is 17.7. The van der Waals surface area contributed by atoms with Crippen molar-refractivity contribution >= 4 is 29.2 Å². The van der Waals surface area contributed by atoms with Gasteiger partial charge in [-0.15, -0.1) is 0 Å². The van der Waals surface area contributed by atoms with Gasteiger partial charge in [-0.05, 0) is 49.7 Å². The Hall–Kier alpha value is -3.15. The first-order valence-corrected chi connectivity index (χ1v) is 8.24. The van der Waals surface area contributed by atoms with Gasteiger partial charge < -0.3 is 15.0 Å². The second kappa shape index (κ2) is 6.63. The number of amides is 2. The number of esters is 1. The molecule has 0 aliphatic carbocycles. The number of hydrogen-bond donors (Lipinski definition) is 1. The number of fused-ring (bicyclic) bond motifs is 1. The molecule has 3 rings (SSSR count). The Morgan fingerprint density at radius 1 is 1.12 bits per heavy atom. The topological polar surface area (TPSA) is 75.7 Å². The van der Waals surface area contributed by atoms with Gasteiger partial charge in [0, 0.05) is 16.9 Å². The lowest BCUT2D eigenvalue weighted by molar-refractivity contribution is -0.140. The van der Waals surface area contributed by atoms with Gasteiger partial charge in [0.05, 0.1) is 12.5 Å². The van der Waals surface area contributed by atoms with Crippen LogP contribution in [0.3, 0.4) is 0 Å². The molecule has 0 unspecified atom stereocenters. The Balaban J connectivity index is 1.90. The van der Waals surface area contributed by atoms with Crippen LogP contribution in [0.25, 0.3) is 0 Å². The second-order valence-electron chi connectivity index (χ2n) is 6.64. The van der Waals surface area contributed by atoms with Crippen LogP contribution < -0.4 is 10.2 Å². The second-order valence-corrected chi connectivity index (χ2v) is 6.64. The summed E-state index contributed by atoms with van der Waals surface area (Å²) in [5, 5.41) is 2.85. The van der Waals surface area contributed by atoms with E-state index >= 15 is 0 Å². The minimum absolute atomic E-state index is 0.137. The molecule has 0 saturated carbocycles. The molecule has 0 radical (unpaired) electrons. The lowest BCUT2D eigenvalue weighted by Crippen LogP contribution is -2.39. The van der Waals surface area contributed by atoms with Crippen molar-refractivity contribution in [3.63, 3.8) is 0 Å². The fourth-order valence-electron chi connectivity index (χ4n) is 3.06. The highest BCUT2D eigenvalue weighted by Gasteiger charge is 2.44. The van der Waals surface area contributed by atoms with Crippen molar-refractivity contribution in [1.29, 1.82) is 0 Å². The van der Waals surface area contributed by atoms with Gasteiger partial charge in [0.1, 0.15) is 6.54 Å². The lowest BCUT2D eigenvalue weighted by atomic mass is 9.86. The highest BCUT2D eigenvalue weighted by Crippen LogP contribution is 2.42. The normalized spacial score (nSPS) is 14.7. The third-order valence-corrected chi connectivity index (χ3v) is 4.55. The molecule has 2 aromatic rings. The van der Waals surface area contributed by atoms with E-state index in [4.69, 9.17) is 0 Å². The highest BCUT2D eigenvalue weighted by atomic mass is 16.5. The van der Waals surface area contributed by atoms with E-state index in [0.717, 1.165) is 5.56 Å². The number of nitrogens with zero attached hydrogens (tertiary/aromatic N) is 1. The maximum atomic E-state index is 12.7. The van der Waals surface area contributed by atoms with Crippen LogP contribution in [0.1, 0.15) is 29.8 Å². The quantitative estimate of drug-likeness (QED) is 0.859. The summed E-state index contributed by atoms with van der Waals surface area (Å²) < 4.78 is 4.68. The molecule has 0 aromatic heterocycles. The first-order valence-electron chi connectivity index (χ1n) is 8.24. The molecular formula is C20H20N2O4. The van der Waals surface area contributed by atoms with Crippen LogP contribution >= 0.6 is 0 Å². The SMILES string of the molecule is COC(=O)CN1C(=O)C(C)(C)c2cc(NC(=O)c3ccccc3)ccc21. The number of hydrogen-bond acceptors (Lipinski definition) is 4. The van der Waals surface area contributed by atoms with Crippen molar-refractivity contribution < 1.29 is 19.1 Å². The molecule has 26 heavy (non-hydrogen) atoms. The molecule has 1 N–H and O–H groups in total. The highest BCUT2D eigenvalue weighted by molar-refractivity contribution is 6.11. The lowest BCUT2D eigenvalue weighted by Gasteiger charge is -2.19. The van der Waals surface area contributed by atoms with E-state index in [0.29, 0.717) is 16.9 Å². The Kier molecular flexibility index (Phi) is 4.50. The van der Waals surface area contributed by atoms with Gasteiger partial charge in [-0.3, -0.25) is 14.4 Å². The molecule has 2 amide bonds. The van der Waals surface area contributed by atoms with E-state index in [1.807, 2.05) is 6.07 Å². The van der Waals surface area contributed by atoms with Crippen molar-refractivity contribution in [3.8, 4) is 0 Å². The summed E-state index contributed by atoms with van der Waals surface area (Å²) in [6.07, 6.45) is 0. The Labute approximate surface area is 151 Å². The van der Waals surface area contributed by atoms with Gasteiger partial charge in [-0.25, -0.2) is 0 Å². The van der Waals surface area contributed by atoms with Crippen LogP contribution in [0.4, 0.5) is 11.4 Å². The van der Waals surface area contributed by atoms with Gasteiger partial charge in [0.2, 0.25) is 5.91 Å².